The Balaban J connectivity index is 1.69. The number of fused-ring (bicyclic) bond motifs is 1. The molecule has 3 rings (SSSR count). The molecule has 2 aromatic rings. The van der Waals surface area contributed by atoms with E-state index in [1.54, 1.807) is 6.07 Å². The number of carbonyl (C=O) groups excluding carboxylic acids is 1. The fourth-order valence-corrected chi connectivity index (χ4v) is 3.88. The Kier molecular flexibility index (Phi) is 5.57. The van der Waals surface area contributed by atoms with Crippen molar-refractivity contribution in [3.8, 4) is 0 Å². The fraction of sp³-hybridized carbons (Fsp3) is 0.524. The zero-order valence-electron chi connectivity index (χ0n) is 15.2. The third-order valence-electron chi connectivity index (χ3n) is 5.29. The van der Waals surface area contributed by atoms with Gasteiger partial charge in [0.05, 0.1) is 5.52 Å². The number of hydrogen-bond acceptors (Lipinski definition) is 2. The molecule has 1 aromatic heterocycles. The zero-order chi connectivity index (χ0) is 17.8. The second-order valence-corrected chi connectivity index (χ2v) is 7.59. The van der Waals surface area contributed by atoms with Crippen molar-refractivity contribution in [1.82, 2.24) is 4.98 Å². The Morgan fingerprint density at radius 2 is 1.96 bits per heavy atom. The van der Waals surface area contributed by atoms with E-state index in [4.69, 9.17) is 0 Å². The lowest BCUT2D eigenvalue weighted by molar-refractivity contribution is -0.116. The van der Waals surface area contributed by atoms with Crippen LogP contribution < -0.4 is 10.9 Å². The lowest BCUT2D eigenvalue weighted by Crippen LogP contribution is -2.15. The molecule has 1 aliphatic carbocycles. The highest BCUT2D eigenvalue weighted by Gasteiger charge is 2.15. The third kappa shape index (κ3) is 4.50. The van der Waals surface area contributed by atoms with Crippen LogP contribution in [0.15, 0.2) is 29.1 Å². The van der Waals surface area contributed by atoms with E-state index < -0.39 is 0 Å². The van der Waals surface area contributed by atoms with Crippen molar-refractivity contribution in [2.45, 2.75) is 64.7 Å². The number of carbonyl (C=O) groups is 1. The number of hydrogen-bond donors (Lipinski definition) is 2. The van der Waals surface area contributed by atoms with Crippen molar-refractivity contribution in [2.75, 3.05) is 5.32 Å². The highest BCUT2D eigenvalue weighted by atomic mass is 16.1. The molecule has 1 aliphatic rings. The summed E-state index contributed by atoms with van der Waals surface area (Å²) in [5.74, 6) is 1.05. The van der Waals surface area contributed by atoms with Gasteiger partial charge in [0.2, 0.25) is 11.5 Å². The molecule has 0 unspecified atom stereocenters. The molecule has 1 heterocycles. The molecule has 0 radical (unpaired) electrons. The number of anilines is 1. The second kappa shape index (κ2) is 7.85. The SMILES string of the molecule is CC(C)c1cc(=O)[nH]c2cc(NC(=O)CCC3CCCCC3)ccc12. The van der Waals surface area contributed by atoms with Gasteiger partial charge in [0.1, 0.15) is 0 Å². The summed E-state index contributed by atoms with van der Waals surface area (Å²) >= 11 is 0. The van der Waals surface area contributed by atoms with Crippen LogP contribution in [0, 0.1) is 5.92 Å². The summed E-state index contributed by atoms with van der Waals surface area (Å²) in [6.07, 6.45) is 8.05. The van der Waals surface area contributed by atoms with Gasteiger partial charge in [-0.3, -0.25) is 9.59 Å². The Morgan fingerprint density at radius 1 is 1.20 bits per heavy atom. The van der Waals surface area contributed by atoms with Gasteiger partial charge in [0, 0.05) is 23.6 Å². The van der Waals surface area contributed by atoms with Crippen molar-refractivity contribution in [3.05, 3.63) is 40.2 Å². The molecule has 1 saturated carbocycles. The molecular weight excluding hydrogens is 312 g/mol. The van der Waals surface area contributed by atoms with Gasteiger partial charge >= 0.3 is 0 Å². The first-order valence-corrected chi connectivity index (χ1v) is 9.50. The van der Waals surface area contributed by atoms with Gasteiger partial charge in [-0.05, 0) is 36.0 Å². The summed E-state index contributed by atoms with van der Waals surface area (Å²) in [5.41, 5.74) is 2.46. The second-order valence-electron chi connectivity index (χ2n) is 7.59. The lowest BCUT2D eigenvalue weighted by Gasteiger charge is -2.21. The van der Waals surface area contributed by atoms with Crippen LogP contribution in [0.4, 0.5) is 5.69 Å². The van der Waals surface area contributed by atoms with E-state index in [9.17, 15) is 9.59 Å². The molecule has 0 spiro atoms. The van der Waals surface area contributed by atoms with Crippen LogP contribution in [0.25, 0.3) is 10.9 Å². The largest absolute Gasteiger partial charge is 0.326 e. The van der Waals surface area contributed by atoms with Crippen molar-refractivity contribution >= 4 is 22.5 Å². The number of amides is 1. The Morgan fingerprint density at radius 3 is 2.68 bits per heavy atom. The monoisotopic (exact) mass is 340 g/mol. The van der Waals surface area contributed by atoms with Crippen LogP contribution in [-0.4, -0.2) is 10.9 Å². The first kappa shape index (κ1) is 17.7. The van der Waals surface area contributed by atoms with E-state index >= 15 is 0 Å². The standard InChI is InChI=1S/C21H28N2O2/c1-14(2)18-13-21(25)23-19-12-16(9-10-17(18)19)22-20(24)11-8-15-6-4-3-5-7-15/h9-10,12-15H,3-8,11H2,1-2H3,(H,22,24)(H,23,25). The summed E-state index contributed by atoms with van der Waals surface area (Å²) in [6, 6.07) is 7.43. The maximum Gasteiger partial charge on any atom is 0.248 e. The Hall–Kier alpha value is -2.10. The minimum atomic E-state index is -0.100. The van der Waals surface area contributed by atoms with Gasteiger partial charge in [-0.15, -0.1) is 0 Å². The molecule has 25 heavy (non-hydrogen) atoms. The molecule has 1 aromatic carbocycles. The van der Waals surface area contributed by atoms with E-state index in [0.29, 0.717) is 12.3 Å². The van der Waals surface area contributed by atoms with Crippen LogP contribution in [0.5, 0.6) is 0 Å². The zero-order valence-corrected chi connectivity index (χ0v) is 15.2. The maximum absolute atomic E-state index is 12.3. The Labute approximate surface area is 149 Å². The number of H-pyrrole nitrogens is 1. The quantitative estimate of drug-likeness (QED) is 0.809. The van der Waals surface area contributed by atoms with Crippen LogP contribution in [0.3, 0.4) is 0 Å². The minimum Gasteiger partial charge on any atom is -0.326 e. The summed E-state index contributed by atoms with van der Waals surface area (Å²) in [4.78, 5) is 27.0. The van der Waals surface area contributed by atoms with Crippen LogP contribution in [0.1, 0.15) is 70.3 Å². The van der Waals surface area contributed by atoms with Crippen molar-refractivity contribution in [3.63, 3.8) is 0 Å². The van der Waals surface area contributed by atoms with Gasteiger partial charge in [0.15, 0.2) is 0 Å². The van der Waals surface area contributed by atoms with Gasteiger partial charge in [-0.1, -0.05) is 52.0 Å². The molecule has 1 fully saturated rings. The third-order valence-corrected chi connectivity index (χ3v) is 5.29. The van der Waals surface area contributed by atoms with Crippen LogP contribution >= 0.6 is 0 Å². The smallest absolute Gasteiger partial charge is 0.248 e. The topological polar surface area (TPSA) is 62.0 Å². The van der Waals surface area contributed by atoms with Gasteiger partial charge in [-0.25, -0.2) is 0 Å². The number of aromatic nitrogens is 1. The number of nitrogens with one attached hydrogen (secondary N) is 2. The number of pyridine rings is 1. The predicted octanol–water partition coefficient (Wildman–Crippen LogP) is 4.95. The molecule has 4 nitrogen and oxygen atoms in total. The van der Waals surface area contributed by atoms with Crippen molar-refractivity contribution in [1.29, 1.82) is 0 Å². The molecule has 134 valence electrons. The highest BCUT2D eigenvalue weighted by molar-refractivity contribution is 5.94. The van der Waals surface area contributed by atoms with E-state index in [0.717, 1.165) is 28.6 Å². The van der Waals surface area contributed by atoms with E-state index in [1.807, 2.05) is 18.2 Å². The van der Waals surface area contributed by atoms with Gasteiger partial charge < -0.3 is 10.3 Å². The van der Waals surface area contributed by atoms with Gasteiger partial charge in [-0.2, -0.15) is 0 Å². The predicted molar refractivity (Wildman–Crippen MR) is 103 cm³/mol. The number of rotatable bonds is 5. The summed E-state index contributed by atoms with van der Waals surface area (Å²) in [5, 5.41) is 4.02. The van der Waals surface area contributed by atoms with Crippen LogP contribution in [0.2, 0.25) is 0 Å². The molecule has 0 bridgehead atoms. The fourth-order valence-electron chi connectivity index (χ4n) is 3.88. The van der Waals surface area contributed by atoms with E-state index in [1.165, 1.54) is 32.1 Å². The molecular formula is C21H28N2O2. The minimum absolute atomic E-state index is 0.0623. The number of benzene rings is 1. The first-order valence-electron chi connectivity index (χ1n) is 9.50. The average Bonchev–Trinajstić information content (AvgIpc) is 2.59. The molecule has 1 amide bonds. The van der Waals surface area contributed by atoms with Crippen molar-refractivity contribution in [2.24, 2.45) is 5.92 Å². The van der Waals surface area contributed by atoms with Crippen molar-refractivity contribution < 1.29 is 4.79 Å². The lowest BCUT2D eigenvalue weighted by atomic mass is 9.86. The summed E-state index contributed by atoms with van der Waals surface area (Å²) in [6.45, 7) is 4.16. The molecule has 0 saturated heterocycles. The Bertz CT molecular complexity index is 801. The molecule has 2 N–H and O–H groups in total. The summed E-state index contributed by atoms with van der Waals surface area (Å²) < 4.78 is 0. The summed E-state index contributed by atoms with van der Waals surface area (Å²) in [7, 11) is 0. The maximum atomic E-state index is 12.3. The normalized spacial score (nSPS) is 15.6. The molecule has 0 atom stereocenters. The molecule has 0 aliphatic heterocycles. The average molecular weight is 340 g/mol. The van der Waals surface area contributed by atoms with E-state index in [-0.39, 0.29) is 17.4 Å². The molecule has 4 heteroatoms. The highest BCUT2D eigenvalue weighted by Crippen LogP contribution is 2.28. The van der Waals surface area contributed by atoms with E-state index in [2.05, 4.69) is 24.1 Å². The first-order chi connectivity index (χ1) is 12.0. The van der Waals surface area contributed by atoms with Crippen LogP contribution in [-0.2, 0) is 4.79 Å². The van der Waals surface area contributed by atoms with Gasteiger partial charge in [0.25, 0.3) is 0 Å². The number of aromatic amines is 1.